The molecule has 104 valence electrons. The third-order valence-corrected chi connectivity index (χ3v) is 3.43. The number of hydrogen-bond donors (Lipinski definition) is 1. The van der Waals surface area contributed by atoms with Crippen LogP contribution in [0.4, 0.5) is 0 Å². The first-order valence-corrected chi connectivity index (χ1v) is 6.89. The van der Waals surface area contributed by atoms with Gasteiger partial charge in [-0.15, -0.1) is 0 Å². The van der Waals surface area contributed by atoms with E-state index >= 15 is 0 Å². The van der Waals surface area contributed by atoms with Crippen LogP contribution < -0.4 is 5.32 Å². The molecular weight excluding hydrogens is 238 g/mol. The van der Waals surface area contributed by atoms with Crippen LogP contribution in [0.3, 0.4) is 0 Å². The van der Waals surface area contributed by atoms with Gasteiger partial charge in [0, 0.05) is 19.8 Å². The summed E-state index contributed by atoms with van der Waals surface area (Å²) < 4.78 is 3.94. The molecule has 0 saturated heterocycles. The molecule has 1 unspecified atom stereocenters. The highest BCUT2D eigenvalue weighted by Gasteiger charge is 2.17. The maximum Gasteiger partial charge on any atom is 0.0625 e. The molecule has 0 aliphatic heterocycles. The summed E-state index contributed by atoms with van der Waals surface area (Å²) in [6, 6.07) is 2.48. The number of nitrogens with zero attached hydrogens (tertiary/aromatic N) is 4. The van der Waals surface area contributed by atoms with Crippen LogP contribution in [0.25, 0.3) is 0 Å². The molecule has 1 atom stereocenters. The van der Waals surface area contributed by atoms with Crippen LogP contribution in [0, 0.1) is 0 Å². The molecule has 5 nitrogen and oxygen atoms in total. The molecule has 0 spiro atoms. The number of aryl methyl sites for hydroxylation is 3. The van der Waals surface area contributed by atoms with Crippen LogP contribution in [0.15, 0.2) is 18.5 Å². The standard InChI is InChI=1S/C14H23N5/c1-5-12-8-14(19(6-2)17-12)13(15-3)7-11-9-16-18(4)10-11/h8-10,13,15H,5-7H2,1-4H3. The molecule has 1 N–H and O–H groups in total. The van der Waals surface area contributed by atoms with Crippen molar-refractivity contribution in [1.82, 2.24) is 24.9 Å². The number of likely N-dealkylation sites (N-methyl/N-ethyl adjacent to an activating group) is 1. The van der Waals surface area contributed by atoms with E-state index in [1.54, 1.807) is 0 Å². The van der Waals surface area contributed by atoms with Gasteiger partial charge in [-0.25, -0.2) is 0 Å². The zero-order chi connectivity index (χ0) is 13.8. The van der Waals surface area contributed by atoms with E-state index in [1.807, 2.05) is 25.0 Å². The second-order valence-corrected chi connectivity index (χ2v) is 4.80. The SMILES string of the molecule is CCc1cc(C(Cc2cnn(C)c2)NC)n(CC)n1. The lowest BCUT2D eigenvalue weighted by Gasteiger charge is -2.16. The van der Waals surface area contributed by atoms with Gasteiger partial charge in [0.2, 0.25) is 0 Å². The van der Waals surface area contributed by atoms with E-state index in [0.717, 1.165) is 25.1 Å². The summed E-state index contributed by atoms with van der Waals surface area (Å²) in [7, 11) is 3.95. The van der Waals surface area contributed by atoms with Crippen LogP contribution in [0.1, 0.15) is 36.8 Å². The maximum absolute atomic E-state index is 4.62. The van der Waals surface area contributed by atoms with Crippen LogP contribution in [0.5, 0.6) is 0 Å². The number of hydrogen-bond acceptors (Lipinski definition) is 3. The Morgan fingerprint density at radius 3 is 2.68 bits per heavy atom. The van der Waals surface area contributed by atoms with Gasteiger partial charge in [-0.1, -0.05) is 6.92 Å². The molecule has 0 aliphatic carbocycles. The van der Waals surface area contributed by atoms with Gasteiger partial charge >= 0.3 is 0 Å². The lowest BCUT2D eigenvalue weighted by atomic mass is 10.1. The Kier molecular flexibility index (Phi) is 4.37. The molecular formula is C14H23N5. The van der Waals surface area contributed by atoms with Gasteiger partial charge < -0.3 is 5.32 Å². The molecule has 0 aromatic carbocycles. The topological polar surface area (TPSA) is 47.7 Å². The first-order valence-electron chi connectivity index (χ1n) is 6.89. The highest BCUT2D eigenvalue weighted by Crippen LogP contribution is 2.19. The molecule has 19 heavy (non-hydrogen) atoms. The van der Waals surface area contributed by atoms with Crippen molar-refractivity contribution in [2.24, 2.45) is 7.05 Å². The van der Waals surface area contributed by atoms with E-state index in [0.29, 0.717) is 0 Å². The molecule has 2 aromatic rings. The lowest BCUT2D eigenvalue weighted by Crippen LogP contribution is -2.22. The summed E-state index contributed by atoms with van der Waals surface area (Å²) in [4.78, 5) is 0. The molecule has 0 saturated carbocycles. The average molecular weight is 261 g/mol. The van der Waals surface area contributed by atoms with Gasteiger partial charge in [-0.05, 0) is 38.4 Å². The van der Waals surface area contributed by atoms with Crippen molar-refractivity contribution in [3.05, 3.63) is 35.4 Å². The second-order valence-electron chi connectivity index (χ2n) is 4.80. The fourth-order valence-electron chi connectivity index (χ4n) is 2.36. The first-order chi connectivity index (χ1) is 9.17. The van der Waals surface area contributed by atoms with Gasteiger partial charge in [0.1, 0.15) is 0 Å². The van der Waals surface area contributed by atoms with Gasteiger partial charge in [0.15, 0.2) is 0 Å². The fourth-order valence-corrected chi connectivity index (χ4v) is 2.36. The zero-order valence-electron chi connectivity index (χ0n) is 12.2. The van der Waals surface area contributed by atoms with E-state index in [9.17, 15) is 0 Å². The monoisotopic (exact) mass is 261 g/mol. The smallest absolute Gasteiger partial charge is 0.0625 e. The summed E-state index contributed by atoms with van der Waals surface area (Å²) in [5, 5.41) is 12.2. The molecule has 2 rings (SSSR count). The predicted octanol–water partition coefficient (Wildman–Crippen LogP) is 1.70. The second kappa shape index (κ2) is 6.02. The Balaban J connectivity index is 2.23. The minimum atomic E-state index is 0.275. The van der Waals surface area contributed by atoms with E-state index in [1.165, 1.54) is 11.3 Å². The first kappa shape index (κ1) is 13.8. The summed E-state index contributed by atoms with van der Waals surface area (Å²) >= 11 is 0. The van der Waals surface area contributed by atoms with Crippen molar-refractivity contribution in [3.8, 4) is 0 Å². The van der Waals surface area contributed by atoms with Crippen LogP contribution in [-0.4, -0.2) is 26.6 Å². The van der Waals surface area contributed by atoms with Crippen molar-refractivity contribution in [3.63, 3.8) is 0 Å². The van der Waals surface area contributed by atoms with E-state index in [4.69, 9.17) is 0 Å². The normalized spacial score (nSPS) is 12.8. The summed E-state index contributed by atoms with van der Waals surface area (Å²) in [6.45, 7) is 5.18. The van der Waals surface area contributed by atoms with Crippen molar-refractivity contribution < 1.29 is 0 Å². The average Bonchev–Trinajstić information content (AvgIpc) is 3.01. The van der Waals surface area contributed by atoms with E-state index in [-0.39, 0.29) is 6.04 Å². The van der Waals surface area contributed by atoms with Crippen molar-refractivity contribution >= 4 is 0 Å². The Morgan fingerprint density at radius 2 is 2.16 bits per heavy atom. The van der Waals surface area contributed by atoms with Gasteiger partial charge in [-0.2, -0.15) is 10.2 Å². The Bertz CT molecular complexity index is 526. The molecule has 0 bridgehead atoms. The molecule has 0 fully saturated rings. The zero-order valence-corrected chi connectivity index (χ0v) is 12.2. The molecule has 2 heterocycles. The van der Waals surface area contributed by atoms with E-state index in [2.05, 4.69) is 46.3 Å². The quantitative estimate of drug-likeness (QED) is 0.861. The largest absolute Gasteiger partial charge is 0.311 e. The summed E-state index contributed by atoms with van der Waals surface area (Å²) in [5.41, 5.74) is 3.65. The van der Waals surface area contributed by atoms with Crippen LogP contribution in [-0.2, 0) is 26.4 Å². The highest BCUT2D eigenvalue weighted by atomic mass is 15.3. The molecule has 0 radical (unpaired) electrons. The Hall–Kier alpha value is -1.62. The number of nitrogens with one attached hydrogen (secondary N) is 1. The fraction of sp³-hybridized carbons (Fsp3) is 0.571. The summed E-state index contributed by atoms with van der Waals surface area (Å²) in [5.74, 6) is 0. The Labute approximate surface area is 114 Å². The minimum absolute atomic E-state index is 0.275. The van der Waals surface area contributed by atoms with Gasteiger partial charge in [-0.3, -0.25) is 9.36 Å². The molecule has 5 heteroatoms. The van der Waals surface area contributed by atoms with E-state index < -0.39 is 0 Å². The number of rotatable bonds is 6. The van der Waals surface area contributed by atoms with Crippen LogP contribution in [0.2, 0.25) is 0 Å². The lowest BCUT2D eigenvalue weighted by molar-refractivity contribution is 0.512. The third-order valence-electron chi connectivity index (χ3n) is 3.43. The summed E-state index contributed by atoms with van der Waals surface area (Å²) in [6.07, 6.45) is 5.90. The van der Waals surface area contributed by atoms with Gasteiger partial charge in [0.25, 0.3) is 0 Å². The van der Waals surface area contributed by atoms with Crippen molar-refractivity contribution in [2.45, 2.75) is 39.3 Å². The highest BCUT2D eigenvalue weighted by molar-refractivity contribution is 5.18. The van der Waals surface area contributed by atoms with Gasteiger partial charge in [0.05, 0.1) is 23.6 Å². The van der Waals surface area contributed by atoms with Crippen molar-refractivity contribution in [2.75, 3.05) is 7.05 Å². The maximum atomic E-state index is 4.62. The predicted molar refractivity (Wildman–Crippen MR) is 76.0 cm³/mol. The van der Waals surface area contributed by atoms with Crippen LogP contribution >= 0.6 is 0 Å². The number of aromatic nitrogens is 4. The molecule has 0 amide bonds. The van der Waals surface area contributed by atoms with Crippen molar-refractivity contribution in [1.29, 1.82) is 0 Å². The Morgan fingerprint density at radius 1 is 1.37 bits per heavy atom. The molecule has 2 aromatic heterocycles. The minimum Gasteiger partial charge on any atom is -0.311 e. The third kappa shape index (κ3) is 3.04. The molecule has 0 aliphatic rings.